The Morgan fingerprint density at radius 3 is 2.91 bits per heavy atom. The SMILES string of the molecule is Nc1ccn2c(=O)cc(Cn3cc(C4CCCC4)nn3)nc2c1. The maximum absolute atomic E-state index is 12.2. The predicted molar refractivity (Wildman–Crippen MR) is 86.2 cm³/mol. The van der Waals surface area contributed by atoms with E-state index in [-0.39, 0.29) is 5.56 Å². The van der Waals surface area contributed by atoms with Gasteiger partial charge in [0.05, 0.1) is 17.9 Å². The van der Waals surface area contributed by atoms with Gasteiger partial charge < -0.3 is 5.73 Å². The summed E-state index contributed by atoms with van der Waals surface area (Å²) < 4.78 is 3.23. The number of nitrogen functional groups attached to an aromatic ring is 1. The van der Waals surface area contributed by atoms with Gasteiger partial charge in [0.1, 0.15) is 5.65 Å². The van der Waals surface area contributed by atoms with Crippen molar-refractivity contribution < 1.29 is 0 Å². The van der Waals surface area contributed by atoms with Gasteiger partial charge >= 0.3 is 0 Å². The molecule has 0 saturated heterocycles. The summed E-state index contributed by atoms with van der Waals surface area (Å²) >= 11 is 0. The van der Waals surface area contributed by atoms with Crippen LogP contribution in [0.4, 0.5) is 5.69 Å². The van der Waals surface area contributed by atoms with Crippen molar-refractivity contribution >= 4 is 11.3 Å². The molecule has 0 radical (unpaired) electrons. The maximum atomic E-state index is 12.2. The molecule has 1 aliphatic carbocycles. The minimum absolute atomic E-state index is 0.124. The Balaban J connectivity index is 1.63. The van der Waals surface area contributed by atoms with Crippen molar-refractivity contribution in [2.45, 2.75) is 38.1 Å². The van der Waals surface area contributed by atoms with Crippen LogP contribution in [-0.4, -0.2) is 24.4 Å². The molecule has 23 heavy (non-hydrogen) atoms. The Morgan fingerprint density at radius 1 is 1.26 bits per heavy atom. The normalized spacial score (nSPS) is 15.5. The fraction of sp³-hybridized carbons (Fsp3) is 0.375. The zero-order valence-corrected chi connectivity index (χ0v) is 12.7. The van der Waals surface area contributed by atoms with Crippen molar-refractivity contribution in [2.24, 2.45) is 0 Å². The number of pyridine rings is 1. The van der Waals surface area contributed by atoms with E-state index in [1.165, 1.54) is 36.2 Å². The molecule has 0 atom stereocenters. The first kappa shape index (κ1) is 13.9. The summed E-state index contributed by atoms with van der Waals surface area (Å²) in [6.07, 6.45) is 8.52. The molecule has 1 saturated carbocycles. The first-order valence-electron chi connectivity index (χ1n) is 7.87. The highest BCUT2D eigenvalue weighted by atomic mass is 16.1. The predicted octanol–water partition coefficient (Wildman–Crippen LogP) is 1.57. The van der Waals surface area contributed by atoms with Crippen LogP contribution < -0.4 is 11.3 Å². The zero-order chi connectivity index (χ0) is 15.8. The Kier molecular flexibility index (Phi) is 3.33. The van der Waals surface area contributed by atoms with E-state index in [0.29, 0.717) is 29.5 Å². The van der Waals surface area contributed by atoms with Crippen molar-refractivity contribution in [2.75, 3.05) is 5.73 Å². The topological polar surface area (TPSA) is 91.1 Å². The van der Waals surface area contributed by atoms with E-state index < -0.39 is 0 Å². The molecule has 1 aliphatic rings. The van der Waals surface area contributed by atoms with Crippen molar-refractivity contribution in [1.82, 2.24) is 24.4 Å². The highest BCUT2D eigenvalue weighted by Gasteiger charge is 2.20. The van der Waals surface area contributed by atoms with Crippen LogP contribution >= 0.6 is 0 Å². The van der Waals surface area contributed by atoms with Crippen LogP contribution in [0.15, 0.2) is 35.4 Å². The second kappa shape index (κ2) is 5.49. The Morgan fingerprint density at radius 2 is 2.09 bits per heavy atom. The lowest BCUT2D eigenvalue weighted by atomic mass is 10.1. The summed E-state index contributed by atoms with van der Waals surface area (Å²) in [6, 6.07) is 4.90. The number of anilines is 1. The fourth-order valence-electron chi connectivity index (χ4n) is 3.21. The molecule has 0 aliphatic heterocycles. The molecular formula is C16H18N6O. The van der Waals surface area contributed by atoms with Gasteiger partial charge in [-0.2, -0.15) is 0 Å². The number of hydrogen-bond acceptors (Lipinski definition) is 5. The van der Waals surface area contributed by atoms with Gasteiger partial charge in [-0.15, -0.1) is 5.10 Å². The molecule has 7 heteroatoms. The summed E-state index contributed by atoms with van der Waals surface area (Å²) in [5, 5.41) is 8.45. The first-order valence-corrected chi connectivity index (χ1v) is 7.87. The molecule has 7 nitrogen and oxygen atoms in total. The minimum Gasteiger partial charge on any atom is -0.399 e. The van der Waals surface area contributed by atoms with Gasteiger partial charge in [-0.25, -0.2) is 9.67 Å². The van der Waals surface area contributed by atoms with Crippen LogP contribution in [0.1, 0.15) is 43.0 Å². The van der Waals surface area contributed by atoms with Gasteiger partial charge in [-0.05, 0) is 18.9 Å². The molecule has 1 fully saturated rings. The van der Waals surface area contributed by atoms with Crippen LogP contribution in [0, 0.1) is 0 Å². The molecule has 0 spiro atoms. The lowest BCUT2D eigenvalue weighted by molar-refractivity contribution is 0.635. The third-order valence-corrected chi connectivity index (χ3v) is 4.40. The number of rotatable bonds is 3. The van der Waals surface area contributed by atoms with E-state index in [1.54, 1.807) is 23.0 Å². The van der Waals surface area contributed by atoms with E-state index in [9.17, 15) is 4.79 Å². The van der Waals surface area contributed by atoms with Crippen LogP contribution in [0.3, 0.4) is 0 Å². The highest BCUT2D eigenvalue weighted by molar-refractivity contribution is 5.51. The Hall–Kier alpha value is -2.70. The summed E-state index contributed by atoms with van der Waals surface area (Å²) in [4.78, 5) is 16.6. The number of nitrogens with two attached hydrogens (primary N) is 1. The average molecular weight is 310 g/mol. The molecule has 4 rings (SSSR count). The Labute approximate surface area is 132 Å². The van der Waals surface area contributed by atoms with Gasteiger partial charge in [-0.1, -0.05) is 18.1 Å². The number of fused-ring (bicyclic) bond motifs is 1. The Bertz CT molecular complexity index is 906. The van der Waals surface area contributed by atoms with E-state index in [1.807, 2.05) is 6.20 Å². The van der Waals surface area contributed by atoms with E-state index in [2.05, 4.69) is 15.3 Å². The maximum Gasteiger partial charge on any atom is 0.258 e. The molecule has 118 valence electrons. The van der Waals surface area contributed by atoms with Crippen molar-refractivity contribution in [3.63, 3.8) is 0 Å². The molecule has 3 aromatic rings. The minimum atomic E-state index is -0.124. The molecule has 3 aromatic heterocycles. The molecule has 2 N–H and O–H groups in total. The number of aromatic nitrogens is 5. The van der Waals surface area contributed by atoms with E-state index in [4.69, 9.17) is 5.73 Å². The molecule has 0 bridgehead atoms. The van der Waals surface area contributed by atoms with E-state index >= 15 is 0 Å². The fourth-order valence-corrected chi connectivity index (χ4v) is 3.21. The van der Waals surface area contributed by atoms with Crippen molar-refractivity contribution in [1.29, 1.82) is 0 Å². The quantitative estimate of drug-likeness (QED) is 0.793. The second-order valence-electron chi connectivity index (χ2n) is 6.10. The van der Waals surface area contributed by atoms with Crippen molar-refractivity contribution in [3.8, 4) is 0 Å². The molecule has 0 amide bonds. The molecule has 0 unspecified atom stereocenters. The molecular weight excluding hydrogens is 292 g/mol. The van der Waals surface area contributed by atoms with Crippen LogP contribution in [0.2, 0.25) is 0 Å². The summed E-state index contributed by atoms with van der Waals surface area (Å²) in [7, 11) is 0. The van der Waals surface area contributed by atoms with Crippen LogP contribution in [0.25, 0.3) is 5.65 Å². The summed E-state index contributed by atoms with van der Waals surface area (Å²) in [6.45, 7) is 0.431. The van der Waals surface area contributed by atoms with Crippen LogP contribution in [-0.2, 0) is 6.54 Å². The average Bonchev–Trinajstić information content (AvgIpc) is 3.17. The monoisotopic (exact) mass is 310 g/mol. The summed E-state index contributed by atoms with van der Waals surface area (Å²) in [5.74, 6) is 0.527. The molecule has 0 aromatic carbocycles. The number of hydrogen-bond donors (Lipinski definition) is 1. The lowest BCUT2D eigenvalue weighted by Gasteiger charge is -2.05. The van der Waals surface area contributed by atoms with Gasteiger partial charge in [0.25, 0.3) is 5.56 Å². The largest absolute Gasteiger partial charge is 0.399 e. The smallest absolute Gasteiger partial charge is 0.258 e. The van der Waals surface area contributed by atoms with E-state index in [0.717, 1.165) is 5.69 Å². The lowest BCUT2D eigenvalue weighted by Crippen LogP contribution is -2.17. The molecule has 3 heterocycles. The first-order chi connectivity index (χ1) is 11.2. The second-order valence-corrected chi connectivity index (χ2v) is 6.10. The van der Waals surface area contributed by atoms with Gasteiger partial charge in [-0.3, -0.25) is 9.20 Å². The van der Waals surface area contributed by atoms with Gasteiger partial charge in [0, 0.05) is 36.1 Å². The number of nitrogens with zero attached hydrogens (tertiary/aromatic N) is 5. The van der Waals surface area contributed by atoms with Crippen molar-refractivity contribution in [3.05, 3.63) is 52.3 Å². The van der Waals surface area contributed by atoms with Gasteiger partial charge in [0.2, 0.25) is 0 Å². The zero-order valence-electron chi connectivity index (χ0n) is 12.7. The van der Waals surface area contributed by atoms with Crippen LogP contribution in [0.5, 0.6) is 0 Å². The summed E-state index contributed by atoms with van der Waals surface area (Å²) in [5.41, 5.74) is 8.47. The third-order valence-electron chi connectivity index (χ3n) is 4.40. The highest BCUT2D eigenvalue weighted by Crippen LogP contribution is 2.32. The van der Waals surface area contributed by atoms with Gasteiger partial charge in [0.15, 0.2) is 0 Å². The third kappa shape index (κ3) is 2.69. The standard InChI is InChI=1S/C16H18N6O/c17-12-5-6-22-15(7-12)18-13(8-16(22)23)9-21-10-14(19-20-21)11-3-1-2-4-11/h5-8,10-11H,1-4,9,17H2.